The summed E-state index contributed by atoms with van der Waals surface area (Å²) in [7, 11) is 0. The van der Waals surface area contributed by atoms with Crippen LogP contribution in [-0.4, -0.2) is 54.4 Å². The highest BCUT2D eigenvalue weighted by Gasteiger charge is 2.33. The Kier molecular flexibility index (Phi) is 6.46. The minimum Gasteiger partial charge on any atom is -0.488 e. The third kappa shape index (κ3) is 4.91. The van der Waals surface area contributed by atoms with Gasteiger partial charge in [-0.3, -0.25) is 0 Å². The molecule has 5 heteroatoms. The Morgan fingerprint density at radius 1 is 1.08 bits per heavy atom. The summed E-state index contributed by atoms with van der Waals surface area (Å²) >= 11 is 0. The Labute approximate surface area is 144 Å². The molecular weight excluding hydrogens is 307 g/mol. The third-order valence-electron chi connectivity index (χ3n) is 5.18. The molecule has 0 aromatic heterocycles. The van der Waals surface area contributed by atoms with Crippen molar-refractivity contribution < 1.29 is 14.2 Å². The molecule has 1 aliphatic carbocycles. The Bertz CT molecular complexity index is 491. The molecule has 0 unspecified atom stereocenters. The van der Waals surface area contributed by atoms with Gasteiger partial charge in [0.15, 0.2) is 0 Å². The lowest BCUT2D eigenvalue weighted by Crippen LogP contribution is -2.52. The van der Waals surface area contributed by atoms with Gasteiger partial charge in [0.25, 0.3) is 0 Å². The Hall–Kier alpha value is -1.17. The lowest BCUT2D eigenvalue weighted by atomic mass is 9.90. The van der Waals surface area contributed by atoms with Crippen molar-refractivity contribution in [1.29, 1.82) is 0 Å². The molecule has 2 N–H and O–H groups in total. The van der Waals surface area contributed by atoms with Crippen LogP contribution in [0.4, 0.5) is 4.39 Å². The van der Waals surface area contributed by atoms with Gasteiger partial charge in [0, 0.05) is 19.1 Å². The lowest BCUT2D eigenvalue weighted by molar-refractivity contribution is -0.0157. The number of ether oxygens (including phenoxy) is 1. The molecular formula is C19H29FN2O2. The number of halogens is 1. The van der Waals surface area contributed by atoms with Crippen molar-refractivity contribution in [3.8, 4) is 5.75 Å². The van der Waals surface area contributed by atoms with Crippen molar-refractivity contribution in [3.05, 3.63) is 30.1 Å². The smallest absolute Gasteiger partial charge is 0.126 e. The molecule has 1 heterocycles. The molecule has 0 radical (unpaired) electrons. The molecule has 1 aromatic rings. The molecule has 1 aromatic carbocycles. The average Bonchev–Trinajstić information content (AvgIpc) is 2.61. The van der Waals surface area contributed by atoms with Gasteiger partial charge in [0.2, 0.25) is 0 Å². The van der Waals surface area contributed by atoms with E-state index in [1.807, 2.05) is 0 Å². The van der Waals surface area contributed by atoms with Crippen LogP contribution in [0.25, 0.3) is 0 Å². The van der Waals surface area contributed by atoms with E-state index in [1.54, 1.807) is 12.1 Å². The van der Waals surface area contributed by atoms with Crippen molar-refractivity contribution in [1.82, 2.24) is 10.2 Å². The highest BCUT2D eigenvalue weighted by molar-refractivity contribution is 5.22. The average molecular weight is 336 g/mol. The summed E-state index contributed by atoms with van der Waals surface area (Å²) in [6.07, 6.45) is 6.06. The van der Waals surface area contributed by atoms with Gasteiger partial charge in [-0.2, -0.15) is 0 Å². The van der Waals surface area contributed by atoms with Gasteiger partial charge in [0.05, 0.1) is 0 Å². The molecule has 0 amide bonds. The van der Waals surface area contributed by atoms with Gasteiger partial charge < -0.3 is 20.1 Å². The van der Waals surface area contributed by atoms with Crippen molar-refractivity contribution >= 4 is 0 Å². The Morgan fingerprint density at radius 2 is 1.83 bits per heavy atom. The summed E-state index contributed by atoms with van der Waals surface area (Å²) in [5.41, 5.74) is 0. The normalized spacial score (nSPS) is 28.7. The van der Waals surface area contributed by atoms with Crippen LogP contribution in [0.3, 0.4) is 0 Å². The van der Waals surface area contributed by atoms with Crippen LogP contribution in [-0.2, 0) is 0 Å². The minimum atomic E-state index is -0.523. The summed E-state index contributed by atoms with van der Waals surface area (Å²) in [5.74, 6) is 0.346. The number of likely N-dealkylation sites (tertiary alicyclic amines) is 1. The van der Waals surface area contributed by atoms with Crippen LogP contribution in [0.5, 0.6) is 5.75 Å². The Balaban J connectivity index is 1.45. The number of benzene rings is 1. The maximum absolute atomic E-state index is 13.0. The number of nitrogens with one attached hydrogen (secondary N) is 1. The van der Waals surface area contributed by atoms with Crippen LogP contribution < -0.4 is 10.1 Å². The summed E-state index contributed by atoms with van der Waals surface area (Å²) in [5, 5.41) is 14.1. The van der Waals surface area contributed by atoms with Gasteiger partial charge in [-0.1, -0.05) is 6.42 Å². The maximum atomic E-state index is 13.0. The van der Waals surface area contributed by atoms with Gasteiger partial charge in [-0.05, 0) is 69.5 Å². The fraction of sp³-hybridized carbons (Fsp3) is 0.684. The quantitative estimate of drug-likeness (QED) is 0.838. The predicted octanol–water partition coefficient (Wildman–Crippen LogP) is 2.56. The highest BCUT2D eigenvalue weighted by atomic mass is 19.1. The van der Waals surface area contributed by atoms with E-state index in [4.69, 9.17) is 4.74 Å². The number of rotatable bonds is 6. The van der Waals surface area contributed by atoms with Crippen LogP contribution >= 0.6 is 0 Å². The summed E-state index contributed by atoms with van der Waals surface area (Å²) in [6, 6.07) is 6.09. The SMILES string of the molecule is O[C@@H]1[C@@H](NCCN2CCCCC2)CCC[C@H]1Oc1ccc(F)cc1. The number of aliphatic hydroxyl groups is 1. The first-order valence-corrected chi connectivity index (χ1v) is 9.28. The van der Waals surface area contributed by atoms with E-state index in [0.717, 1.165) is 32.4 Å². The Morgan fingerprint density at radius 3 is 2.58 bits per heavy atom. The van der Waals surface area contributed by atoms with Gasteiger partial charge in [-0.25, -0.2) is 4.39 Å². The zero-order valence-corrected chi connectivity index (χ0v) is 14.3. The number of piperidine rings is 1. The predicted molar refractivity (Wildman–Crippen MR) is 92.8 cm³/mol. The molecule has 24 heavy (non-hydrogen) atoms. The fourth-order valence-electron chi connectivity index (χ4n) is 3.77. The standard InChI is InChI=1S/C19H29FN2O2/c20-15-7-9-16(10-8-15)24-18-6-4-5-17(19(18)23)21-11-14-22-12-2-1-3-13-22/h7-10,17-19,21,23H,1-6,11-14H2/t17-,18+,19+/m0/s1. The molecule has 134 valence electrons. The van der Waals surface area contributed by atoms with Crippen LogP contribution in [0.2, 0.25) is 0 Å². The summed E-state index contributed by atoms with van der Waals surface area (Å²) in [6.45, 7) is 4.36. The number of aliphatic hydroxyl groups excluding tert-OH is 1. The minimum absolute atomic E-state index is 0.0778. The second-order valence-electron chi connectivity index (χ2n) is 6.99. The molecule has 0 bridgehead atoms. The zero-order chi connectivity index (χ0) is 16.8. The van der Waals surface area contributed by atoms with E-state index in [0.29, 0.717) is 5.75 Å². The molecule has 2 aliphatic rings. The molecule has 1 aliphatic heterocycles. The lowest BCUT2D eigenvalue weighted by Gasteiger charge is -2.36. The van der Waals surface area contributed by atoms with Gasteiger partial charge in [-0.15, -0.1) is 0 Å². The topological polar surface area (TPSA) is 44.7 Å². The first-order valence-electron chi connectivity index (χ1n) is 9.28. The van der Waals surface area contributed by atoms with Crippen LogP contribution in [0, 0.1) is 5.82 Å². The number of hydrogen-bond donors (Lipinski definition) is 2. The van der Waals surface area contributed by atoms with E-state index in [1.165, 1.54) is 44.5 Å². The monoisotopic (exact) mass is 336 g/mol. The second-order valence-corrected chi connectivity index (χ2v) is 6.99. The van der Waals surface area contributed by atoms with E-state index >= 15 is 0 Å². The van der Waals surface area contributed by atoms with Crippen LogP contribution in [0.15, 0.2) is 24.3 Å². The number of nitrogens with zero attached hydrogens (tertiary/aromatic N) is 1. The van der Waals surface area contributed by atoms with Gasteiger partial charge in [0.1, 0.15) is 23.8 Å². The largest absolute Gasteiger partial charge is 0.488 e. The van der Waals surface area contributed by atoms with Crippen molar-refractivity contribution in [2.75, 3.05) is 26.2 Å². The summed E-state index contributed by atoms with van der Waals surface area (Å²) in [4.78, 5) is 2.50. The van der Waals surface area contributed by atoms with Crippen LogP contribution in [0.1, 0.15) is 38.5 Å². The maximum Gasteiger partial charge on any atom is 0.126 e. The third-order valence-corrected chi connectivity index (χ3v) is 5.18. The van der Waals surface area contributed by atoms with E-state index < -0.39 is 6.10 Å². The van der Waals surface area contributed by atoms with Gasteiger partial charge >= 0.3 is 0 Å². The first-order chi connectivity index (χ1) is 11.7. The van der Waals surface area contributed by atoms with E-state index in [9.17, 15) is 9.50 Å². The molecule has 1 saturated heterocycles. The molecule has 2 fully saturated rings. The highest BCUT2D eigenvalue weighted by Crippen LogP contribution is 2.24. The second kappa shape index (κ2) is 8.79. The molecule has 3 rings (SSSR count). The number of hydrogen-bond acceptors (Lipinski definition) is 4. The first kappa shape index (κ1) is 17.6. The molecule has 0 spiro atoms. The molecule has 1 saturated carbocycles. The summed E-state index contributed by atoms with van der Waals surface area (Å²) < 4.78 is 18.9. The van der Waals surface area contributed by atoms with Crippen molar-refractivity contribution in [2.45, 2.75) is 56.8 Å². The zero-order valence-electron chi connectivity index (χ0n) is 14.3. The molecule has 3 atom stereocenters. The van der Waals surface area contributed by atoms with Crippen molar-refractivity contribution in [3.63, 3.8) is 0 Å². The molecule has 4 nitrogen and oxygen atoms in total. The van der Waals surface area contributed by atoms with Crippen molar-refractivity contribution in [2.24, 2.45) is 0 Å². The van der Waals surface area contributed by atoms with E-state index in [2.05, 4.69) is 10.2 Å². The fourth-order valence-corrected chi connectivity index (χ4v) is 3.77. The van der Waals surface area contributed by atoms with E-state index in [-0.39, 0.29) is 18.0 Å².